The van der Waals surface area contributed by atoms with Gasteiger partial charge in [-0.05, 0) is 18.2 Å². The van der Waals surface area contributed by atoms with Crippen LogP contribution in [0.5, 0.6) is 0 Å². The lowest BCUT2D eigenvalue weighted by Gasteiger charge is -2.11. The van der Waals surface area contributed by atoms with Crippen molar-refractivity contribution in [2.24, 2.45) is 11.7 Å². The summed E-state index contributed by atoms with van der Waals surface area (Å²) in [5.41, 5.74) is 6.33. The summed E-state index contributed by atoms with van der Waals surface area (Å²) in [5, 5.41) is 11.6. The highest BCUT2D eigenvalue weighted by molar-refractivity contribution is 9.10. The Hall–Kier alpha value is -1.38. The van der Waals surface area contributed by atoms with Crippen LogP contribution in [0.3, 0.4) is 0 Å². The Morgan fingerprint density at radius 2 is 2.38 bits per heavy atom. The molecule has 0 fully saturated rings. The maximum absolute atomic E-state index is 11.6. The Labute approximate surface area is 103 Å². The van der Waals surface area contributed by atoms with Crippen LogP contribution in [0.25, 0.3) is 0 Å². The normalized spacial score (nSPS) is 11.6. The number of carbonyl (C=O) groups excluding carboxylic acids is 1. The van der Waals surface area contributed by atoms with Crippen molar-refractivity contribution < 1.29 is 4.79 Å². The number of carbonyl (C=O) groups is 1. The molecule has 0 aliphatic rings. The molecule has 1 aromatic rings. The highest BCUT2D eigenvalue weighted by Crippen LogP contribution is 2.21. The second-order valence-corrected chi connectivity index (χ2v) is 4.34. The standard InChI is InChI=1S/C11H12BrN3O/c1-7(5-13)11(16)15-10-4-9(12)3-2-8(10)6-14/h2-4,7H,5,13H2,1H3,(H,15,16). The molecule has 16 heavy (non-hydrogen) atoms. The molecule has 0 aromatic heterocycles. The summed E-state index contributed by atoms with van der Waals surface area (Å²) in [6.07, 6.45) is 0. The largest absolute Gasteiger partial charge is 0.330 e. The molecule has 0 bridgehead atoms. The molecule has 0 aliphatic heterocycles. The van der Waals surface area contributed by atoms with Gasteiger partial charge in [-0.15, -0.1) is 0 Å². The number of nitrogens with zero attached hydrogens (tertiary/aromatic N) is 1. The third kappa shape index (κ3) is 3.05. The number of hydrogen-bond donors (Lipinski definition) is 2. The van der Waals surface area contributed by atoms with Crippen molar-refractivity contribution in [3.05, 3.63) is 28.2 Å². The molecule has 1 unspecified atom stereocenters. The molecule has 1 rings (SSSR count). The highest BCUT2D eigenvalue weighted by Gasteiger charge is 2.13. The fraction of sp³-hybridized carbons (Fsp3) is 0.273. The van der Waals surface area contributed by atoms with Gasteiger partial charge in [-0.3, -0.25) is 4.79 Å². The van der Waals surface area contributed by atoms with E-state index < -0.39 is 0 Å². The number of halogens is 1. The maximum atomic E-state index is 11.6. The van der Waals surface area contributed by atoms with Crippen LogP contribution in [0, 0.1) is 17.2 Å². The number of amides is 1. The van der Waals surface area contributed by atoms with Crippen LogP contribution < -0.4 is 11.1 Å². The van der Waals surface area contributed by atoms with E-state index in [-0.39, 0.29) is 18.4 Å². The smallest absolute Gasteiger partial charge is 0.228 e. The predicted octanol–water partition coefficient (Wildman–Crippen LogP) is 1.85. The first-order chi connectivity index (χ1) is 7.58. The number of anilines is 1. The minimum atomic E-state index is -0.273. The lowest BCUT2D eigenvalue weighted by Crippen LogP contribution is -2.27. The Balaban J connectivity index is 2.92. The molecule has 84 valence electrons. The number of nitriles is 1. The van der Waals surface area contributed by atoms with E-state index in [9.17, 15) is 4.79 Å². The lowest BCUT2D eigenvalue weighted by atomic mass is 10.1. The van der Waals surface area contributed by atoms with Crippen molar-refractivity contribution in [2.45, 2.75) is 6.92 Å². The van der Waals surface area contributed by atoms with E-state index in [0.717, 1.165) is 4.47 Å². The summed E-state index contributed by atoms with van der Waals surface area (Å²) < 4.78 is 0.808. The molecule has 0 saturated heterocycles. The van der Waals surface area contributed by atoms with Gasteiger partial charge in [-0.2, -0.15) is 5.26 Å². The van der Waals surface area contributed by atoms with Crippen molar-refractivity contribution in [3.63, 3.8) is 0 Å². The SMILES string of the molecule is CC(CN)C(=O)Nc1cc(Br)ccc1C#N. The molecule has 1 atom stereocenters. The minimum Gasteiger partial charge on any atom is -0.330 e. The lowest BCUT2D eigenvalue weighted by molar-refractivity contribution is -0.119. The van der Waals surface area contributed by atoms with E-state index in [1.165, 1.54) is 0 Å². The molecule has 5 heteroatoms. The third-order valence-electron chi connectivity index (χ3n) is 2.16. The fourth-order valence-corrected chi connectivity index (χ4v) is 1.44. The van der Waals surface area contributed by atoms with Gasteiger partial charge in [-0.25, -0.2) is 0 Å². The van der Waals surface area contributed by atoms with Gasteiger partial charge < -0.3 is 11.1 Å². The van der Waals surface area contributed by atoms with Gasteiger partial charge >= 0.3 is 0 Å². The Bertz CT molecular complexity index is 439. The molecule has 0 heterocycles. The summed E-state index contributed by atoms with van der Waals surface area (Å²) >= 11 is 3.28. The van der Waals surface area contributed by atoms with Crippen molar-refractivity contribution in [3.8, 4) is 6.07 Å². The highest BCUT2D eigenvalue weighted by atomic mass is 79.9. The van der Waals surface area contributed by atoms with Crippen LogP contribution in [0.15, 0.2) is 22.7 Å². The average Bonchev–Trinajstić information content (AvgIpc) is 2.28. The first-order valence-corrected chi connectivity index (χ1v) is 5.58. The van der Waals surface area contributed by atoms with Crippen LogP contribution in [0.2, 0.25) is 0 Å². The van der Waals surface area contributed by atoms with Gasteiger partial charge in [0.1, 0.15) is 6.07 Å². The van der Waals surface area contributed by atoms with Crippen LogP contribution in [-0.2, 0) is 4.79 Å². The van der Waals surface area contributed by atoms with E-state index in [1.807, 2.05) is 6.07 Å². The van der Waals surface area contributed by atoms with Crippen molar-refractivity contribution in [1.82, 2.24) is 0 Å². The molecule has 1 amide bonds. The number of nitrogens with one attached hydrogen (secondary N) is 1. The number of hydrogen-bond acceptors (Lipinski definition) is 3. The van der Waals surface area contributed by atoms with Gasteiger partial charge in [0.05, 0.1) is 11.3 Å². The number of rotatable bonds is 3. The maximum Gasteiger partial charge on any atom is 0.228 e. The van der Waals surface area contributed by atoms with E-state index in [0.29, 0.717) is 11.3 Å². The predicted molar refractivity (Wildman–Crippen MR) is 65.7 cm³/mol. The Kier molecular flexibility index (Phi) is 4.47. The van der Waals surface area contributed by atoms with Gasteiger partial charge in [0.15, 0.2) is 0 Å². The molecule has 1 aromatic carbocycles. The van der Waals surface area contributed by atoms with Crippen molar-refractivity contribution >= 4 is 27.5 Å². The van der Waals surface area contributed by atoms with E-state index in [1.54, 1.807) is 25.1 Å². The van der Waals surface area contributed by atoms with E-state index in [2.05, 4.69) is 21.2 Å². The number of benzene rings is 1. The van der Waals surface area contributed by atoms with Crippen molar-refractivity contribution in [2.75, 3.05) is 11.9 Å². The van der Waals surface area contributed by atoms with Crippen LogP contribution in [0.4, 0.5) is 5.69 Å². The first-order valence-electron chi connectivity index (χ1n) is 4.79. The Morgan fingerprint density at radius 3 is 2.94 bits per heavy atom. The molecule has 4 nitrogen and oxygen atoms in total. The monoisotopic (exact) mass is 281 g/mol. The van der Waals surface area contributed by atoms with E-state index in [4.69, 9.17) is 11.0 Å². The molecular weight excluding hydrogens is 270 g/mol. The zero-order chi connectivity index (χ0) is 12.1. The summed E-state index contributed by atoms with van der Waals surface area (Å²) in [5.74, 6) is -0.456. The van der Waals surface area contributed by atoms with Gasteiger partial charge in [0.2, 0.25) is 5.91 Å². The molecule has 0 saturated carbocycles. The average molecular weight is 282 g/mol. The zero-order valence-electron chi connectivity index (χ0n) is 8.83. The minimum absolute atomic E-state index is 0.183. The summed E-state index contributed by atoms with van der Waals surface area (Å²) in [7, 11) is 0. The quantitative estimate of drug-likeness (QED) is 0.888. The molecule has 0 aliphatic carbocycles. The fourth-order valence-electron chi connectivity index (χ4n) is 1.08. The second kappa shape index (κ2) is 5.64. The van der Waals surface area contributed by atoms with Crippen LogP contribution in [-0.4, -0.2) is 12.5 Å². The Morgan fingerprint density at radius 1 is 1.69 bits per heavy atom. The summed E-state index contributed by atoms with van der Waals surface area (Å²) in [4.78, 5) is 11.6. The number of nitrogens with two attached hydrogens (primary N) is 1. The van der Waals surface area contributed by atoms with Crippen LogP contribution in [0.1, 0.15) is 12.5 Å². The van der Waals surface area contributed by atoms with Crippen LogP contribution >= 0.6 is 15.9 Å². The zero-order valence-corrected chi connectivity index (χ0v) is 10.4. The third-order valence-corrected chi connectivity index (χ3v) is 2.65. The van der Waals surface area contributed by atoms with E-state index >= 15 is 0 Å². The second-order valence-electron chi connectivity index (χ2n) is 3.43. The molecule has 0 radical (unpaired) electrons. The topological polar surface area (TPSA) is 78.9 Å². The molecule has 0 spiro atoms. The molecular formula is C11H12BrN3O. The summed E-state index contributed by atoms with van der Waals surface area (Å²) in [6, 6.07) is 7.11. The van der Waals surface area contributed by atoms with Gasteiger partial charge in [0, 0.05) is 16.9 Å². The summed E-state index contributed by atoms with van der Waals surface area (Å²) in [6.45, 7) is 2.01. The molecule has 3 N–H and O–H groups in total. The van der Waals surface area contributed by atoms with Gasteiger partial charge in [-0.1, -0.05) is 22.9 Å². The first kappa shape index (κ1) is 12.7. The van der Waals surface area contributed by atoms with Crippen molar-refractivity contribution in [1.29, 1.82) is 5.26 Å². The van der Waals surface area contributed by atoms with Gasteiger partial charge in [0.25, 0.3) is 0 Å².